The fourth-order valence-electron chi connectivity index (χ4n) is 3.00. The average Bonchev–Trinajstić information content (AvgIpc) is 3.02. The molecule has 2 amide bonds. The first-order chi connectivity index (χ1) is 12.8. The van der Waals surface area contributed by atoms with Gasteiger partial charge in [0, 0.05) is 30.0 Å². The maximum absolute atomic E-state index is 12.5. The molecule has 7 nitrogen and oxygen atoms in total. The molecule has 1 heterocycles. The molecule has 0 bridgehead atoms. The molecule has 2 aromatic carbocycles. The molecule has 0 atom stereocenters. The van der Waals surface area contributed by atoms with Crippen molar-refractivity contribution in [2.24, 2.45) is 0 Å². The van der Waals surface area contributed by atoms with Crippen molar-refractivity contribution in [1.82, 2.24) is 4.31 Å². The molecule has 0 radical (unpaired) electrons. The van der Waals surface area contributed by atoms with Crippen LogP contribution in [0.2, 0.25) is 0 Å². The van der Waals surface area contributed by atoms with Gasteiger partial charge in [-0.05, 0) is 48.0 Å². The van der Waals surface area contributed by atoms with Gasteiger partial charge in [-0.25, -0.2) is 8.42 Å². The lowest BCUT2D eigenvalue weighted by molar-refractivity contribution is -0.115. The minimum Gasteiger partial charge on any atom is -0.326 e. The van der Waals surface area contributed by atoms with E-state index in [1.54, 1.807) is 44.2 Å². The zero-order valence-electron chi connectivity index (χ0n) is 15.2. The van der Waals surface area contributed by atoms with Crippen LogP contribution in [0.25, 0.3) is 0 Å². The fraction of sp³-hybridized carbons (Fsp3) is 0.263. The molecule has 0 fully saturated rings. The Bertz CT molecular complexity index is 981. The molecule has 0 unspecified atom stereocenters. The number of rotatable bonds is 6. The molecule has 8 heteroatoms. The van der Waals surface area contributed by atoms with Gasteiger partial charge in [-0.15, -0.1) is 0 Å². The molecule has 2 aromatic rings. The quantitative estimate of drug-likeness (QED) is 0.796. The van der Waals surface area contributed by atoms with Gasteiger partial charge in [0.15, 0.2) is 0 Å². The summed E-state index contributed by atoms with van der Waals surface area (Å²) in [6, 6.07) is 11.1. The number of anilines is 2. The van der Waals surface area contributed by atoms with Crippen molar-refractivity contribution >= 4 is 33.2 Å². The zero-order valence-corrected chi connectivity index (χ0v) is 16.0. The van der Waals surface area contributed by atoms with Gasteiger partial charge in [0.05, 0.1) is 11.3 Å². The van der Waals surface area contributed by atoms with E-state index in [-0.39, 0.29) is 23.1 Å². The van der Waals surface area contributed by atoms with Crippen LogP contribution in [0, 0.1) is 0 Å². The Balaban J connectivity index is 1.74. The summed E-state index contributed by atoms with van der Waals surface area (Å²) in [6.45, 7) is 4.37. The SMILES string of the molecule is CCN(CC)S(=O)(=O)c1ccc(NC(=O)c2ccc3c(c2)CC(=O)N3)cc1. The summed E-state index contributed by atoms with van der Waals surface area (Å²) in [4.78, 5) is 24.0. The standard InChI is InChI=1S/C19H21N3O4S/c1-3-22(4-2)27(25,26)16-8-6-15(7-9-16)20-19(24)13-5-10-17-14(11-13)12-18(23)21-17/h5-11H,3-4,12H2,1-2H3,(H,20,24)(H,21,23). The van der Waals surface area contributed by atoms with Crippen LogP contribution in [0.4, 0.5) is 11.4 Å². The summed E-state index contributed by atoms with van der Waals surface area (Å²) in [7, 11) is -3.53. The largest absolute Gasteiger partial charge is 0.326 e. The normalized spacial score (nSPS) is 13.4. The minimum absolute atomic E-state index is 0.0902. The maximum atomic E-state index is 12.5. The highest BCUT2D eigenvalue weighted by molar-refractivity contribution is 7.89. The van der Waals surface area contributed by atoms with Crippen molar-refractivity contribution in [3.05, 3.63) is 53.6 Å². The van der Waals surface area contributed by atoms with Gasteiger partial charge in [0.2, 0.25) is 15.9 Å². The Kier molecular flexibility index (Phi) is 5.29. The van der Waals surface area contributed by atoms with Crippen LogP contribution in [0.5, 0.6) is 0 Å². The second-order valence-electron chi connectivity index (χ2n) is 6.16. The molecule has 0 saturated carbocycles. The first-order valence-electron chi connectivity index (χ1n) is 8.69. The molecular weight excluding hydrogens is 366 g/mol. The highest BCUT2D eigenvalue weighted by Crippen LogP contribution is 2.24. The zero-order chi connectivity index (χ0) is 19.6. The average molecular weight is 387 g/mol. The number of sulfonamides is 1. The van der Waals surface area contributed by atoms with Crippen LogP contribution in [0.3, 0.4) is 0 Å². The van der Waals surface area contributed by atoms with Crippen molar-refractivity contribution in [3.63, 3.8) is 0 Å². The minimum atomic E-state index is -3.53. The van der Waals surface area contributed by atoms with E-state index in [2.05, 4.69) is 10.6 Å². The molecular formula is C19H21N3O4S. The summed E-state index contributed by atoms with van der Waals surface area (Å²) in [5, 5.41) is 5.46. The molecule has 3 rings (SSSR count). The number of benzene rings is 2. The van der Waals surface area contributed by atoms with E-state index in [9.17, 15) is 18.0 Å². The van der Waals surface area contributed by atoms with Crippen LogP contribution in [-0.2, 0) is 21.2 Å². The van der Waals surface area contributed by atoms with Gasteiger partial charge in [-0.2, -0.15) is 4.31 Å². The van der Waals surface area contributed by atoms with Gasteiger partial charge >= 0.3 is 0 Å². The molecule has 1 aliphatic heterocycles. The Morgan fingerprint density at radius 2 is 1.78 bits per heavy atom. The number of carbonyl (C=O) groups excluding carboxylic acids is 2. The molecule has 1 aliphatic rings. The molecule has 142 valence electrons. The molecule has 27 heavy (non-hydrogen) atoms. The van der Waals surface area contributed by atoms with Crippen molar-refractivity contribution in [2.75, 3.05) is 23.7 Å². The summed E-state index contributed by atoms with van der Waals surface area (Å²) in [5.41, 5.74) is 2.44. The van der Waals surface area contributed by atoms with E-state index in [1.165, 1.54) is 16.4 Å². The van der Waals surface area contributed by atoms with Crippen molar-refractivity contribution in [3.8, 4) is 0 Å². The van der Waals surface area contributed by atoms with Crippen molar-refractivity contribution < 1.29 is 18.0 Å². The van der Waals surface area contributed by atoms with Crippen molar-refractivity contribution in [1.29, 1.82) is 0 Å². The lowest BCUT2D eigenvalue weighted by atomic mass is 10.1. The van der Waals surface area contributed by atoms with Gasteiger partial charge in [-0.3, -0.25) is 9.59 Å². The monoisotopic (exact) mass is 387 g/mol. The van der Waals surface area contributed by atoms with Gasteiger partial charge in [-0.1, -0.05) is 13.8 Å². The second kappa shape index (κ2) is 7.50. The van der Waals surface area contributed by atoms with Crippen molar-refractivity contribution in [2.45, 2.75) is 25.2 Å². The van der Waals surface area contributed by atoms with Gasteiger partial charge in [0.25, 0.3) is 5.91 Å². The Labute approximate surface area is 158 Å². The fourth-order valence-corrected chi connectivity index (χ4v) is 4.45. The lowest BCUT2D eigenvalue weighted by Crippen LogP contribution is -2.30. The van der Waals surface area contributed by atoms with E-state index in [0.29, 0.717) is 24.3 Å². The summed E-state index contributed by atoms with van der Waals surface area (Å²) >= 11 is 0. The highest BCUT2D eigenvalue weighted by Gasteiger charge is 2.22. The Hall–Kier alpha value is -2.71. The summed E-state index contributed by atoms with van der Waals surface area (Å²) in [5.74, 6) is -0.413. The first-order valence-corrected chi connectivity index (χ1v) is 10.1. The van der Waals surface area contributed by atoms with E-state index in [0.717, 1.165) is 11.3 Å². The topological polar surface area (TPSA) is 95.6 Å². The number of nitrogens with zero attached hydrogens (tertiary/aromatic N) is 1. The van der Waals surface area contributed by atoms with Crippen LogP contribution < -0.4 is 10.6 Å². The summed E-state index contributed by atoms with van der Waals surface area (Å²) < 4.78 is 26.4. The molecule has 2 N–H and O–H groups in total. The number of hydrogen-bond donors (Lipinski definition) is 2. The van der Waals surface area contributed by atoms with Gasteiger partial charge in [0.1, 0.15) is 0 Å². The molecule has 0 aliphatic carbocycles. The number of nitrogens with one attached hydrogen (secondary N) is 2. The second-order valence-corrected chi connectivity index (χ2v) is 8.10. The van der Waals surface area contributed by atoms with E-state index in [4.69, 9.17) is 0 Å². The van der Waals surface area contributed by atoms with Crippen LogP contribution >= 0.6 is 0 Å². The first kappa shape index (κ1) is 19.1. The van der Waals surface area contributed by atoms with E-state index < -0.39 is 10.0 Å². The smallest absolute Gasteiger partial charge is 0.255 e. The van der Waals surface area contributed by atoms with Crippen LogP contribution in [0.1, 0.15) is 29.8 Å². The molecule has 0 aromatic heterocycles. The van der Waals surface area contributed by atoms with Crippen LogP contribution in [-0.4, -0.2) is 37.6 Å². The number of hydrogen-bond acceptors (Lipinski definition) is 4. The molecule has 0 saturated heterocycles. The third-order valence-electron chi connectivity index (χ3n) is 4.45. The Morgan fingerprint density at radius 3 is 2.41 bits per heavy atom. The van der Waals surface area contributed by atoms with Gasteiger partial charge < -0.3 is 10.6 Å². The lowest BCUT2D eigenvalue weighted by Gasteiger charge is -2.18. The number of amides is 2. The number of carbonyl (C=O) groups is 2. The Morgan fingerprint density at radius 1 is 1.11 bits per heavy atom. The highest BCUT2D eigenvalue weighted by atomic mass is 32.2. The predicted octanol–water partition coefficient (Wildman–Crippen LogP) is 2.46. The van der Waals surface area contributed by atoms with E-state index in [1.807, 2.05) is 0 Å². The predicted molar refractivity (Wildman–Crippen MR) is 103 cm³/mol. The third-order valence-corrected chi connectivity index (χ3v) is 6.51. The molecule has 0 spiro atoms. The summed E-state index contributed by atoms with van der Waals surface area (Å²) in [6.07, 6.45) is 0.258. The third kappa shape index (κ3) is 3.86. The maximum Gasteiger partial charge on any atom is 0.255 e. The number of fused-ring (bicyclic) bond motifs is 1. The van der Waals surface area contributed by atoms with Crippen LogP contribution in [0.15, 0.2) is 47.4 Å². The van der Waals surface area contributed by atoms with E-state index >= 15 is 0 Å².